The molecule has 0 saturated heterocycles. The van der Waals surface area contributed by atoms with Crippen LogP contribution in [0.15, 0.2) is 0 Å². The Balaban J connectivity index is 2.84. The maximum Gasteiger partial charge on any atom is 0.178 e. The zero-order chi connectivity index (χ0) is 5.98. The largest absolute Gasteiger partial charge is 0.395 e. The van der Waals surface area contributed by atoms with Gasteiger partial charge in [-0.25, -0.2) is 0 Å². The molecule has 0 fully saturated rings. The number of aromatic nitrogens is 4. The van der Waals surface area contributed by atoms with Crippen molar-refractivity contribution in [2.75, 3.05) is 0 Å². The maximum atomic E-state index is 8.42. The van der Waals surface area contributed by atoms with E-state index >= 15 is 0 Å². The molecule has 5 heteroatoms. The van der Waals surface area contributed by atoms with Gasteiger partial charge in [-0.05, 0) is 5.21 Å². The van der Waals surface area contributed by atoms with E-state index < -0.39 is 0 Å². The fourth-order valence-corrected chi connectivity index (χ4v) is 0.376. The minimum absolute atomic E-state index is 0.457. The fourth-order valence-electron chi connectivity index (χ4n) is 0.376. The van der Waals surface area contributed by atoms with Crippen molar-refractivity contribution >= 4 is 0 Å². The Morgan fingerprint density at radius 1 is 1.75 bits per heavy atom. The second-order valence-corrected chi connectivity index (χ2v) is 1.33. The molecule has 1 rings (SSSR count). The molecule has 0 aliphatic rings. The van der Waals surface area contributed by atoms with Gasteiger partial charge < -0.3 is 5.21 Å². The summed E-state index contributed by atoms with van der Waals surface area (Å²) in [4.78, 5) is 0.457. The fraction of sp³-hybridized carbons (Fsp3) is 0.667. The van der Waals surface area contributed by atoms with Crippen LogP contribution in [-0.2, 0) is 6.42 Å². The molecular formula is C3H6N4O. The van der Waals surface area contributed by atoms with E-state index in [1.807, 2.05) is 6.92 Å². The number of nitrogens with zero attached hydrogens (tertiary/aromatic N) is 4. The summed E-state index contributed by atoms with van der Waals surface area (Å²) in [6.45, 7) is 1.89. The molecule has 5 nitrogen and oxygen atoms in total. The van der Waals surface area contributed by atoms with Crippen molar-refractivity contribution in [2.24, 2.45) is 0 Å². The molecule has 0 aliphatic heterocycles. The van der Waals surface area contributed by atoms with Crippen molar-refractivity contribution in [1.82, 2.24) is 20.4 Å². The van der Waals surface area contributed by atoms with E-state index in [1.165, 1.54) is 0 Å². The van der Waals surface area contributed by atoms with Crippen molar-refractivity contribution in [3.63, 3.8) is 0 Å². The Kier molecular flexibility index (Phi) is 1.11. The van der Waals surface area contributed by atoms with Crippen LogP contribution < -0.4 is 0 Å². The lowest BCUT2D eigenvalue weighted by molar-refractivity contribution is 0.106. The second kappa shape index (κ2) is 1.77. The summed E-state index contributed by atoms with van der Waals surface area (Å²) in [6, 6.07) is 0. The monoisotopic (exact) mass is 114 g/mol. The summed E-state index contributed by atoms with van der Waals surface area (Å²) in [5.41, 5.74) is 0. The Morgan fingerprint density at radius 3 is 2.75 bits per heavy atom. The van der Waals surface area contributed by atoms with E-state index in [0.29, 0.717) is 17.2 Å². The third kappa shape index (κ3) is 0.749. The Bertz CT molecular complexity index is 172. The third-order valence-corrected chi connectivity index (χ3v) is 0.761. The number of aryl methyl sites for hydroxylation is 1. The van der Waals surface area contributed by atoms with Gasteiger partial charge in [-0.1, -0.05) is 12.0 Å². The molecule has 0 spiro atoms. The van der Waals surface area contributed by atoms with Crippen LogP contribution in [0.1, 0.15) is 12.7 Å². The molecule has 8 heavy (non-hydrogen) atoms. The lowest BCUT2D eigenvalue weighted by Gasteiger charge is -1.76. The Hall–Kier alpha value is -1.13. The van der Waals surface area contributed by atoms with Gasteiger partial charge in [-0.2, -0.15) is 0 Å². The standard InChI is InChI=1S/C3H6N4O/c1-2-3-4-6-7(8)5-3/h8H,2H2,1H3. The first-order chi connectivity index (χ1) is 3.83. The molecule has 0 amide bonds. The highest BCUT2D eigenvalue weighted by Gasteiger charge is 1.93. The van der Waals surface area contributed by atoms with E-state index in [2.05, 4.69) is 15.4 Å². The molecule has 0 aromatic carbocycles. The second-order valence-electron chi connectivity index (χ2n) is 1.33. The van der Waals surface area contributed by atoms with E-state index in [1.54, 1.807) is 0 Å². The molecule has 1 N–H and O–H groups in total. The summed E-state index contributed by atoms with van der Waals surface area (Å²) in [5.74, 6) is 0.549. The highest BCUT2D eigenvalue weighted by atomic mass is 16.5. The predicted octanol–water partition coefficient (Wildman–Crippen LogP) is -0.527. The molecule has 1 aromatic rings. The van der Waals surface area contributed by atoms with Crippen molar-refractivity contribution in [3.8, 4) is 0 Å². The summed E-state index contributed by atoms with van der Waals surface area (Å²) >= 11 is 0. The quantitative estimate of drug-likeness (QED) is 0.498. The molecule has 0 radical (unpaired) electrons. The Morgan fingerprint density at radius 2 is 2.50 bits per heavy atom. The van der Waals surface area contributed by atoms with E-state index in [0.717, 1.165) is 0 Å². The van der Waals surface area contributed by atoms with Gasteiger partial charge in [0.1, 0.15) is 0 Å². The summed E-state index contributed by atoms with van der Waals surface area (Å²) < 4.78 is 0. The van der Waals surface area contributed by atoms with Gasteiger partial charge in [-0.3, -0.25) is 0 Å². The van der Waals surface area contributed by atoms with Crippen LogP contribution in [0.25, 0.3) is 0 Å². The SMILES string of the molecule is CCc1nnn(O)n1. The molecule has 1 aromatic heterocycles. The normalized spacial score (nSPS) is 9.62. The third-order valence-electron chi connectivity index (χ3n) is 0.761. The lowest BCUT2D eigenvalue weighted by atomic mass is 10.5. The maximum absolute atomic E-state index is 8.42. The van der Waals surface area contributed by atoms with Crippen molar-refractivity contribution in [2.45, 2.75) is 13.3 Å². The van der Waals surface area contributed by atoms with E-state index in [9.17, 15) is 0 Å². The molecule has 44 valence electrons. The van der Waals surface area contributed by atoms with Crippen LogP contribution in [-0.4, -0.2) is 25.6 Å². The number of tetrazole rings is 1. The smallest absolute Gasteiger partial charge is 0.178 e. The molecule has 0 saturated carbocycles. The average molecular weight is 114 g/mol. The van der Waals surface area contributed by atoms with Crippen molar-refractivity contribution in [1.29, 1.82) is 0 Å². The molecule has 0 bridgehead atoms. The van der Waals surface area contributed by atoms with E-state index in [-0.39, 0.29) is 0 Å². The van der Waals surface area contributed by atoms with Gasteiger partial charge in [0.15, 0.2) is 5.82 Å². The van der Waals surface area contributed by atoms with Crippen LogP contribution in [0.2, 0.25) is 0 Å². The highest BCUT2D eigenvalue weighted by Crippen LogP contribution is 1.82. The van der Waals surface area contributed by atoms with Gasteiger partial charge in [0.2, 0.25) is 0 Å². The van der Waals surface area contributed by atoms with Crippen LogP contribution >= 0.6 is 0 Å². The minimum atomic E-state index is 0.457. The van der Waals surface area contributed by atoms with E-state index in [4.69, 9.17) is 5.21 Å². The minimum Gasteiger partial charge on any atom is -0.395 e. The summed E-state index contributed by atoms with van der Waals surface area (Å²) in [7, 11) is 0. The van der Waals surface area contributed by atoms with Gasteiger partial charge in [0.05, 0.1) is 0 Å². The van der Waals surface area contributed by atoms with Crippen molar-refractivity contribution in [3.05, 3.63) is 5.82 Å². The molecule has 0 atom stereocenters. The topological polar surface area (TPSA) is 63.8 Å². The summed E-state index contributed by atoms with van der Waals surface area (Å²) in [6.07, 6.45) is 0.695. The van der Waals surface area contributed by atoms with Gasteiger partial charge in [0.25, 0.3) is 0 Å². The zero-order valence-electron chi connectivity index (χ0n) is 4.44. The number of hydrogen-bond donors (Lipinski definition) is 1. The average Bonchev–Trinajstić information content (AvgIpc) is 2.14. The molecular weight excluding hydrogens is 108 g/mol. The van der Waals surface area contributed by atoms with Gasteiger partial charge in [0, 0.05) is 11.4 Å². The van der Waals surface area contributed by atoms with Gasteiger partial charge >= 0.3 is 0 Å². The van der Waals surface area contributed by atoms with Crippen LogP contribution in [0.5, 0.6) is 0 Å². The highest BCUT2D eigenvalue weighted by molar-refractivity contribution is 4.72. The lowest BCUT2D eigenvalue weighted by Crippen LogP contribution is -1.94. The summed E-state index contributed by atoms with van der Waals surface area (Å²) in [5, 5.41) is 18.6. The van der Waals surface area contributed by atoms with Crippen LogP contribution in [0.4, 0.5) is 0 Å². The molecule has 0 aliphatic carbocycles. The number of hydrogen-bond acceptors (Lipinski definition) is 4. The van der Waals surface area contributed by atoms with Gasteiger partial charge in [-0.15, -0.1) is 5.10 Å². The zero-order valence-corrected chi connectivity index (χ0v) is 4.44. The van der Waals surface area contributed by atoms with Crippen LogP contribution in [0.3, 0.4) is 0 Å². The molecule has 0 unspecified atom stereocenters. The predicted molar refractivity (Wildman–Crippen MR) is 24.4 cm³/mol. The first-order valence-electron chi connectivity index (χ1n) is 2.31. The van der Waals surface area contributed by atoms with Crippen molar-refractivity contribution < 1.29 is 5.21 Å². The van der Waals surface area contributed by atoms with Crippen LogP contribution in [0, 0.1) is 0 Å². The Labute approximate surface area is 45.9 Å². The first-order valence-corrected chi connectivity index (χ1v) is 2.31. The number of rotatable bonds is 1. The first kappa shape index (κ1) is 5.02. The molecule has 1 heterocycles.